The van der Waals surface area contributed by atoms with E-state index >= 15 is 0 Å². The van der Waals surface area contributed by atoms with Crippen LogP contribution in [0.1, 0.15) is 68.7 Å². The fourth-order valence-electron chi connectivity index (χ4n) is 3.87. The first-order valence-corrected chi connectivity index (χ1v) is 9.66. The van der Waals surface area contributed by atoms with Gasteiger partial charge in [0.05, 0.1) is 23.9 Å². The molecule has 0 aromatic heterocycles. The highest BCUT2D eigenvalue weighted by atomic mass is 16.7. The van der Waals surface area contributed by atoms with Gasteiger partial charge in [-0.25, -0.2) is 4.79 Å². The zero-order valence-electron chi connectivity index (χ0n) is 17.7. The second-order valence-electron chi connectivity index (χ2n) is 10.4. The van der Waals surface area contributed by atoms with Crippen molar-refractivity contribution in [3.8, 4) is 0 Å². The van der Waals surface area contributed by atoms with Gasteiger partial charge in [0, 0.05) is 0 Å². The maximum absolute atomic E-state index is 12.8. The Hall–Kier alpha value is -0.785. The van der Waals surface area contributed by atoms with E-state index in [1.54, 1.807) is 4.90 Å². The molecule has 0 unspecified atom stereocenters. The highest BCUT2D eigenvalue weighted by Crippen LogP contribution is 2.57. The van der Waals surface area contributed by atoms with Crippen molar-refractivity contribution in [3.63, 3.8) is 0 Å². The van der Waals surface area contributed by atoms with Gasteiger partial charge >= 0.3 is 13.2 Å². The first-order valence-electron chi connectivity index (χ1n) is 9.66. The average Bonchev–Trinajstić information content (AvgIpc) is 3.08. The lowest BCUT2D eigenvalue weighted by atomic mass is 9.79. The number of rotatable bonds is 2. The maximum Gasteiger partial charge on any atom is 0.461 e. The molecule has 3 atom stereocenters. The Kier molecular flexibility index (Phi) is 4.49. The molecule has 0 radical (unpaired) electrons. The molecule has 1 saturated carbocycles. The zero-order chi connectivity index (χ0) is 19.7. The average molecular weight is 367 g/mol. The van der Waals surface area contributed by atoms with Crippen molar-refractivity contribution in [1.29, 1.82) is 0 Å². The van der Waals surface area contributed by atoms with Crippen molar-refractivity contribution in [2.24, 2.45) is 5.92 Å². The number of hydrogen-bond donors (Lipinski definition) is 0. The zero-order valence-corrected chi connectivity index (χ0v) is 17.7. The van der Waals surface area contributed by atoms with Crippen LogP contribution < -0.4 is 0 Å². The van der Waals surface area contributed by atoms with Crippen LogP contribution in [0.5, 0.6) is 0 Å². The van der Waals surface area contributed by atoms with Crippen molar-refractivity contribution < 1.29 is 23.6 Å². The maximum atomic E-state index is 12.8. The molecule has 3 rings (SSSR count). The summed E-state index contributed by atoms with van der Waals surface area (Å²) >= 11 is 0. The molecule has 0 spiro atoms. The molecule has 2 heterocycles. The lowest BCUT2D eigenvalue weighted by Gasteiger charge is -2.35. The van der Waals surface area contributed by atoms with Gasteiger partial charge in [0.2, 0.25) is 0 Å². The normalized spacial score (nSPS) is 34.9. The van der Waals surface area contributed by atoms with Crippen molar-refractivity contribution >= 4 is 13.2 Å². The van der Waals surface area contributed by atoms with Gasteiger partial charge in [0.1, 0.15) is 11.3 Å². The molecule has 26 heavy (non-hydrogen) atoms. The van der Waals surface area contributed by atoms with E-state index in [4.69, 9.17) is 18.8 Å². The Balaban J connectivity index is 1.71. The molecule has 3 aliphatic rings. The quantitative estimate of drug-likeness (QED) is 0.694. The van der Waals surface area contributed by atoms with Gasteiger partial charge in [0.25, 0.3) is 0 Å². The number of ether oxygens (including phenoxy) is 2. The van der Waals surface area contributed by atoms with Crippen molar-refractivity contribution in [2.45, 2.75) is 103 Å². The first-order chi connectivity index (χ1) is 11.6. The molecule has 1 aliphatic carbocycles. The Bertz CT molecular complexity index is 567. The van der Waals surface area contributed by atoms with Crippen molar-refractivity contribution in [1.82, 2.24) is 4.90 Å². The van der Waals surface area contributed by atoms with E-state index in [9.17, 15) is 4.79 Å². The Morgan fingerprint density at radius 2 is 1.62 bits per heavy atom. The Morgan fingerprint density at radius 1 is 1.08 bits per heavy atom. The number of carbonyl (C=O) groups is 1. The van der Waals surface area contributed by atoms with Gasteiger partial charge in [-0.1, -0.05) is 0 Å². The minimum absolute atomic E-state index is 0.0103. The highest BCUT2D eigenvalue weighted by Gasteiger charge is 2.64. The molecule has 7 heteroatoms. The third-order valence-electron chi connectivity index (χ3n) is 6.12. The molecule has 0 aromatic rings. The minimum Gasteiger partial charge on any atom is -0.444 e. The summed E-state index contributed by atoms with van der Waals surface area (Å²) in [6.07, 6.45) is 0.657. The molecule has 1 amide bonds. The molecule has 2 aliphatic heterocycles. The topological polar surface area (TPSA) is 57.2 Å². The van der Waals surface area contributed by atoms with Crippen LogP contribution >= 0.6 is 0 Å². The molecule has 3 fully saturated rings. The SMILES string of the molecule is CC(C)(C)OC(=O)N1[C@H]([C@@H]2C[C@@H]2B2OC(C)(C)C(C)(C)O2)COC1(C)C. The van der Waals surface area contributed by atoms with Crippen LogP contribution in [0.15, 0.2) is 0 Å². The van der Waals surface area contributed by atoms with E-state index in [2.05, 4.69) is 27.7 Å². The van der Waals surface area contributed by atoms with Gasteiger partial charge in [-0.05, 0) is 80.5 Å². The van der Waals surface area contributed by atoms with Crippen LogP contribution in [0.3, 0.4) is 0 Å². The van der Waals surface area contributed by atoms with Crippen LogP contribution in [-0.4, -0.2) is 53.3 Å². The molecule has 6 nitrogen and oxygen atoms in total. The van der Waals surface area contributed by atoms with E-state index < -0.39 is 11.3 Å². The molecule has 2 saturated heterocycles. The summed E-state index contributed by atoms with van der Waals surface area (Å²) in [5.41, 5.74) is -1.87. The van der Waals surface area contributed by atoms with Gasteiger partial charge < -0.3 is 18.8 Å². The smallest absolute Gasteiger partial charge is 0.444 e. The summed E-state index contributed by atoms with van der Waals surface area (Å²) < 4.78 is 24.0. The van der Waals surface area contributed by atoms with Crippen LogP contribution in [0, 0.1) is 5.92 Å². The summed E-state index contributed by atoms with van der Waals surface area (Å²) in [5, 5.41) is 0. The van der Waals surface area contributed by atoms with Gasteiger partial charge in [0.15, 0.2) is 0 Å². The van der Waals surface area contributed by atoms with Crippen molar-refractivity contribution in [2.75, 3.05) is 6.61 Å². The van der Waals surface area contributed by atoms with Gasteiger partial charge in [-0.2, -0.15) is 0 Å². The monoisotopic (exact) mass is 367 g/mol. The summed E-state index contributed by atoms with van der Waals surface area (Å²) in [5.74, 6) is 0.586. The molecule has 0 N–H and O–H groups in total. The predicted octanol–water partition coefficient (Wildman–Crippen LogP) is 3.84. The van der Waals surface area contributed by atoms with E-state index in [1.807, 2.05) is 34.6 Å². The molecule has 148 valence electrons. The third-order valence-corrected chi connectivity index (χ3v) is 6.12. The number of hydrogen-bond acceptors (Lipinski definition) is 5. The summed E-state index contributed by atoms with van der Waals surface area (Å²) in [7, 11) is -0.228. The first kappa shape index (κ1) is 20.0. The molecule has 0 bridgehead atoms. The van der Waals surface area contributed by atoms with Crippen LogP contribution in [0.2, 0.25) is 5.82 Å². The summed E-state index contributed by atoms with van der Waals surface area (Å²) in [6, 6.07) is -0.0103. The largest absolute Gasteiger partial charge is 0.461 e. The Labute approximate surface area is 158 Å². The van der Waals surface area contributed by atoms with Gasteiger partial charge in [-0.15, -0.1) is 0 Å². The lowest BCUT2D eigenvalue weighted by Crippen LogP contribution is -2.50. The van der Waals surface area contributed by atoms with E-state index in [-0.39, 0.29) is 36.3 Å². The van der Waals surface area contributed by atoms with E-state index in [1.165, 1.54) is 0 Å². The molecule has 0 aromatic carbocycles. The standard InChI is InChI=1S/C19H34BNO5/c1-16(2,3)24-15(22)21-14(11-23-19(21,8)9)12-10-13(12)20-25-17(4,5)18(6,7)26-20/h12-14H,10-11H2,1-9H3/t12-,13+,14+/m1/s1. The molecular formula is C19H34BNO5. The van der Waals surface area contributed by atoms with Crippen LogP contribution in [0.25, 0.3) is 0 Å². The minimum atomic E-state index is -0.671. The fourth-order valence-corrected chi connectivity index (χ4v) is 3.87. The highest BCUT2D eigenvalue weighted by molar-refractivity contribution is 6.48. The predicted molar refractivity (Wildman–Crippen MR) is 99.8 cm³/mol. The number of nitrogens with zero attached hydrogens (tertiary/aromatic N) is 1. The van der Waals surface area contributed by atoms with Crippen LogP contribution in [-0.2, 0) is 18.8 Å². The second-order valence-corrected chi connectivity index (χ2v) is 10.4. The van der Waals surface area contributed by atoms with Crippen molar-refractivity contribution in [3.05, 3.63) is 0 Å². The molecular weight excluding hydrogens is 333 g/mol. The lowest BCUT2D eigenvalue weighted by molar-refractivity contribution is -0.0631. The van der Waals surface area contributed by atoms with Gasteiger partial charge in [-0.3, -0.25) is 4.90 Å². The number of carbonyl (C=O) groups excluding carboxylic acids is 1. The summed E-state index contributed by atoms with van der Waals surface area (Å²) in [6.45, 7) is 18.3. The number of amides is 1. The summed E-state index contributed by atoms with van der Waals surface area (Å²) in [4.78, 5) is 14.6. The Morgan fingerprint density at radius 3 is 2.12 bits per heavy atom. The fraction of sp³-hybridized carbons (Fsp3) is 0.947. The van der Waals surface area contributed by atoms with E-state index in [0.29, 0.717) is 12.5 Å². The van der Waals surface area contributed by atoms with Crippen LogP contribution in [0.4, 0.5) is 4.79 Å². The van der Waals surface area contributed by atoms with E-state index in [0.717, 1.165) is 6.42 Å². The second kappa shape index (κ2) is 5.85. The third kappa shape index (κ3) is 3.50.